The van der Waals surface area contributed by atoms with Crippen molar-refractivity contribution < 1.29 is 9.18 Å². The van der Waals surface area contributed by atoms with Gasteiger partial charge in [-0.2, -0.15) is 4.39 Å². The molecule has 0 radical (unpaired) electrons. The smallest absolute Gasteiger partial charge is 0.274 e. The Hall–Kier alpha value is -1.43. The van der Waals surface area contributed by atoms with E-state index in [1.807, 2.05) is 0 Å². The molecule has 0 atom stereocenters. The quantitative estimate of drug-likeness (QED) is 0.923. The van der Waals surface area contributed by atoms with Crippen molar-refractivity contribution in [1.29, 1.82) is 0 Å². The van der Waals surface area contributed by atoms with Crippen molar-refractivity contribution in [3.05, 3.63) is 34.4 Å². The van der Waals surface area contributed by atoms with Gasteiger partial charge in [-0.25, -0.2) is 4.98 Å². The van der Waals surface area contributed by atoms with E-state index in [4.69, 9.17) is 0 Å². The molecule has 17 heavy (non-hydrogen) atoms. The van der Waals surface area contributed by atoms with Gasteiger partial charge in [-0.3, -0.25) is 9.20 Å². The second kappa shape index (κ2) is 3.80. The van der Waals surface area contributed by atoms with Gasteiger partial charge in [0.25, 0.3) is 5.91 Å². The summed E-state index contributed by atoms with van der Waals surface area (Å²) in [4.78, 5) is 15.7. The number of aromatic nitrogens is 2. The number of pyridine rings is 1. The lowest BCUT2D eigenvalue weighted by Gasteiger charge is -1.98. The number of rotatable bonds is 2. The first-order valence-electron chi connectivity index (χ1n) is 5.29. The average Bonchev–Trinajstić information content (AvgIpc) is 3.04. The summed E-state index contributed by atoms with van der Waals surface area (Å²) in [6.45, 7) is 0. The SMILES string of the molecule is O=C(NC1CC1)c1nc2ccc(Br)cn2c1F. The highest BCUT2D eigenvalue weighted by Crippen LogP contribution is 2.20. The summed E-state index contributed by atoms with van der Waals surface area (Å²) in [5, 5.41) is 2.72. The van der Waals surface area contributed by atoms with Gasteiger partial charge in [-0.05, 0) is 40.9 Å². The number of hydrogen-bond donors (Lipinski definition) is 1. The fourth-order valence-electron chi connectivity index (χ4n) is 1.62. The molecule has 1 fully saturated rings. The highest BCUT2D eigenvalue weighted by Gasteiger charge is 2.27. The van der Waals surface area contributed by atoms with Crippen molar-refractivity contribution in [3.8, 4) is 0 Å². The first-order chi connectivity index (χ1) is 8.15. The summed E-state index contributed by atoms with van der Waals surface area (Å²) in [5.41, 5.74) is 0.279. The second-order valence-electron chi connectivity index (χ2n) is 4.07. The predicted octanol–water partition coefficient (Wildman–Crippen LogP) is 2.13. The lowest BCUT2D eigenvalue weighted by molar-refractivity contribution is 0.0942. The molecule has 6 heteroatoms. The van der Waals surface area contributed by atoms with Gasteiger partial charge in [0.05, 0.1) is 0 Å². The fourth-order valence-corrected chi connectivity index (χ4v) is 1.95. The molecular weight excluding hydrogens is 289 g/mol. The first-order valence-corrected chi connectivity index (χ1v) is 6.08. The molecule has 0 unspecified atom stereocenters. The van der Waals surface area contributed by atoms with Crippen molar-refractivity contribution in [2.24, 2.45) is 0 Å². The first kappa shape index (κ1) is 10.7. The molecule has 2 aromatic rings. The molecule has 3 rings (SSSR count). The Kier molecular flexibility index (Phi) is 2.39. The van der Waals surface area contributed by atoms with Crippen molar-refractivity contribution in [2.45, 2.75) is 18.9 Å². The van der Waals surface area contributed by atoms with Gasteiger partial charge in [-0.1, -0.05) is 0 Å². The van der Waals surface area contributed by atoms with E-state index in [2.05, 4.69) is 26.2 Å². The summed E-state index contributed by atoms with van der Waals surface area (Å²) >= 11 is 3.25. The third-order valence-electron chi connectivity index (χ3n) is 2.65. The van der Waals surface area contributed by atoms with Crippen LogP contribution in [0.2, 0.25) is 0 Å². The molecule has 4 nitrogen and oxygen atoms in total. The minimum atomic E-state index is -0.626. The van der Waals surface area contributed by atoms with Crippen LogP contribution in [-0.4, -0.2) is 21.3 Å². The number of amides is 1. The Bertz CT molecular complexity index is 606. The molecule has 1 saturated carbocycles. The molecule has 2 aromatic heterocycles. The van der Waals surface area contributed by atoms with Gasteiger partial charge in [0.2, 0.25) is 5.95 Å². The van der Waals surface area contributed by atoms with Gasteiger partial charge in [0.15, 0.2) is 5.69 Å². The lowest BCUT2D eigenvalue weighted by atomic mass is 10.4. The molecule has 0 saturated heterocycles. The van der Waals surface area contributed by atoms with E-state index in [-0.39, 0.29) is 11.7 Å². The Morgan fingerprint density at radius 2 is 2.29 bits per heavy atom. The number of hydrogen-bond acceptors (Lipinski definition) is 2. The number of imidazole rings is 1. The van der Waals surface area contributed by atoms with E-state index in [9.17, 15) is 9.18 Å². The zero-order valence-corrected chi connectivity index (χ0v) is 10.4. The number of halogens is 2. The van der Waals surface area contributed by atoms with E-state index >= 15 is 0 Å². The molecule has 0 spiro atoms. The largest absolute Gasteiger partial charge is 0.348 e. The number of nitrogens with one attached hydrogen (secondary N) is 1. The summed E-state index contributed by atoms with van der Waals surface area (Å²) in [6, 6.07) is 3.60. The van der Waals surface area contributed by atoms with Crippen LogP contribution < -0.4 is 5.32 Å². The molecule has 88 valence electrons. The van der Waals surface area contributed by atoms with Gasteiger partial charge in [-0.15, -0.1) is 0 Å². The maximum absolute atomic E-state index is 13.9. The Balaban J connectivity index is 2.03. The van der Waals surface area contributed by atoms with Gasteiger partial charge in [0.1, 0.15) is 5.65 Å². The van der Waals surface area contributed by atoms with E-state index in [0.717, 1.165) is 17.3 Å². The fraction of sp³-hybridized carbons (Fsp3) is 0.273. The average molecular weight is 298 g/mol. The van der Waals surface area contributed by atoms with Crippen LogP contribution in [0.1, 0.15) is 23.3 Å². The highest BCUT2D eigenvalue weighted by atomic mass is 79.9. The molecule has 1 amide bonds. The molecule has 0 aliphatic heterocycles. The van der Waals surface area contributed by atoms with E-state index in [1.165, 1.54) is 4.40 Å². The van der Waals surface area contributed by atoms with Crippen LogP contribution in [0.15, 0.2) is 22.8 Å². The number of fused-ring (bicyclic) bond motifs is 1. The molecule has 0 aromatic carbocycles. The van der Waals surface area contributed by atoms with Gasteiger partial charge < -0.3 is 5.32 Å². The standard InChI is InChI=1S/C11H9BrFN3O/c12-6-1-4-8-15-9(10(13)16(8)5-6)11(17)14-7-2-3-7/h1,4-5,7H,2-3H2,(H,14,17). The van der Waals surface area contributed by atoms with Crippen LogP contribution in [0, 0.1) is 5.95 Å². The summed E-state index contributed by atoms with van der Waals surface area (Å²) in [7, 11) is 0. The van der Waals surface area contributed by atoms with E-state index in [1.54, 1.807) is 18.3 Å². The lowest BCUT2D eigenvalue weighted by Crippen LogP contribution is -2.26. The summed E-state index contributed by atoms with van der Waals surface area (Å²) in [6.07, 6.45) is 3.48. The number of nitrogens with zero attached hydrogens (tertiary/aromatic N) is 2. The Labute approximate surface area is 105 Å². The van der Waals surface area contributed by atoms with Crippen molar-refractivity contribution >= 4 is 27.5 Å². The van der Waals surface area contributed by atoms with Crippen LogP contribution in [0.25, 0.3) is 5.65 Å². The number of carbonyl (C=O) groups is 1. The van der Waals surface area contributed by atoms with Crippen LogP contribution >= 0.6 is 15.9 Å². The molecule has 2 heterocycles. The third kappa shape index (κ3) is 1.93. The summed E-state index contributed by atoms with van der Waals surface area (Å²) in [5.74, 6) is -1.07. The maximum Gasteiger partial charge on any atom is 0.274 e. The minimum absolute atomic E-state index is 0.144. The molecule has 1 aliphatic carbocycles. The maximum atomic E-state index is 13.9. The molecule has 0 bridgehead atoms. The second-order valence-corrected chi connectivity index (χ2v) is 4.99. The van der Waals surface area contributed by atoms with Crippen LogP contribution in [-0.2, 0) is 0 Å². The van der Waals surface area contributed by atoms with Crippen molar-refractivity contribution in [2.75, 3.05) is 0 Å². The Morgan fingerprint density at radius 1 is 1.53 bits per heavy atom. The van der Waals surface area contributed by atoms with E-state index < -0.39 is 11.9 Å². The zero-order valence-electron chi connectivity index (χ0n) is 8.78. The topological polar surface area (TPSA) is 46.4 Å². The third-order valence-corrected chi connectivity index (χ3v) is 3.12. The molecule has 1 aliphatic rings. The van der Waals surface area contributed by atoms with Crippen LogP contribution in [0.3, 0.4) is 0 Å². The highest BCUT2D eigenvalue weighted by molar-refractivity contribution is 9.10. The normalized spacial score (nSPS) is 15.2. The molecular formula is C11H9BrFN3O. The predicted molar refractivity (Wildman–Crippen MR) is 63.3 cm³/mol. The molecule has 1 N–H and O–H groups in total. The van der Waals surface area contributed by atoms with Crippen LogP contribution in [0.4, 0.5) is 4.39 Å². The van der Waals surface area contributed by atoms with Crippen LogP contribution in [0.5, 0.6) is 0 Å². The monoisotopic (exact) mass is 297 g/mol. The van der Waals surface area contributed by atoms with Crippen molar-refractivity contribution in [3.63, 3.8) is 0 Å². The van der Waals surface area contributed by atoms with E-state index in [0.29, 0.717) is 5.65 Å². The van der Waals surface area contributed by atoms with Gasteiger partial charge >= 0.3 is 0 Å². The Morgan fingerprint density at radius 3 is 3.00 bits per heavy atom. The van der Waals surface area contributed by atoms with Crippen molar-refractivity contribution in [1.82, 2.24) is 14.7 Å². The minimum Gasteiger partial charge on any atom is -0.348 e. The number of carbonyl (C=O) groups excluding carboxylic acids is 1. The summed E-state index contributed by atoms with van der Waals surface area (Å²) < 4.78 is 15.9. The van der Waals surface area contributed by atoms with Gasteiger partial charge in [0, 0.05) is 16.7 Å². The zero-order chi connectivity index (χ0) is 12.0.